The molecule has 4 nitrogen and oxygen atoms in total. The summed E-state index contributed by atoms with van der Waals surface area (Å²) in [7, 11) is 0. The van der Waals surface area contributed by atoms with Gasteiger partial charge in [0.1, 0.15) is 5.82 Å². The third kappa shape index (κ3) is 3.40. The molecule has 0 aliphatic heterocycles. The number of para-hydroxylation sites is 1. The zero-order valence-corrected chi connectivity index (χ0v) is 12.4. The van der Waals surface area contributed by atoms with Crippen molar-refractivity contribution >= 4 is 17.4 Å². The lowest BCUT2D eigenvalue weighted by Gasteiger charge is -2.13. The summed E-state index contributed by atoms with van der Waals surface area (Å²) in [6.45, 7) is 3.15. The molecule has 0 spiro atoms. The van der Waals surface area contributed by atoms with Crippen molar-refractivity contribution in [3.63, 3.8) is 0 Å². The lowest BCUT2D eigenvalue weighted by Crippen LogP contribution is -1.98. The van der Waals surface area contributed by atoms with E-state index in [0.717, 1.165) is 11.8 Å². The van der Waals surface area contributed by atoms with Crippen LogP contribution in [0.4, 0.5) is 10.1 Å². The van der Waals surface area contributed by atoms with E-state index in [2.05, 4.69) is 0 Å². The third-order valence-electron chi connectivity index (χ3n) is 3.02. The molecule has 21 heavy (non-hydrogen) atoms. The molecular weight excluding hydrogens is 293 g/mol. The van der Waals surface area contributed by atoms with Gasteiger partial charge < -0.3 is 5.11 Å². The summed E-state index contributed by atoms with van der Waals surface area (Å²) in [5, 5.41) is 20.8. The molecule has 0 saturated heterocycles. The predicted octanol–water partition coefficient (Wildman–Crippen LogP) is 4.25. The second-order valence-electron chi connectivity index (χ2n) is 4.64. The molecular formula is C15H14FNO3S. The SMILES string of the molecule is Cc1cc(Sc2ccccc2[N+](=O)[O-])c([C@H](C)O)cc1F. The molecule has 1 atom stereocenters. The van der Waals surface area contributed by atoms with E-state index in [1.54, 1.807) is 31.2 Å². The van der Waals surface area contributed by atoms with E-state index in [9.17, 15) is 19.6 Å². The fourth-order valence-corrected chi connectivity index (χ4v) is 3.11. The Morgan fingerprint density at radius 3 is 2.57 bits per heavy atom. The van der Waals surface area contributed by atoms with Gasteiger partial charge in [-0.2, -0.15) is 0 Å². The van der Waals surface area contributed by atoms with Gasteiger partial charge in [-0.15, -0.1) is 0 Å². The highest BCUT2D eigenvalue weighted by molar-refractivity contribution is 7.99. The minimum atomic E-state index is -0.856. The fourth-order valence-electron chi connectivity index (χ4n) is 1.90. The molecule has 1 N–H and O–H groups in total. The van der Waals surface area contributed by atoms with Gasteiger partial charge in [-0.05, 0) is 43.2 Å². The number of nitro benzene ring substituents is 1. The first-order valence-corrected chi connectivity index (χ1v) is 7.11. The average Bonchev–Trinajstić information content (AvgIpc) is 2.42. The van der Waals surface area contributed by atoms with Crippen molar-refractivity contribution in [3.8, 4) is 0 Å². The summed E-state index contributed by atoms with van der Waals surface area (Å²) in [4.78, 5) is 11.6. The van der Waals surface area contributed by atoms with Crippen molar-refractivity contribution in [1.82, 2.24) is 0 Å². The molecule has 2 rings (SSSR count). The lowest BCUT2D eigenvalue weighted by atomic mass is 10.1. The highest BCUT2D eigenvalue weighted by Crippen LogP contribution is 2.38. The maximum absolute atomic E-state index is 13.6. The second kappa shape index (κ2) is 6.24. The molecule has 2 aromatic carbocycles. The first-order valence-electron chi connectivity index (χ1n) is 6.29. The number of halogens is 1. The fraction of sp³-hybridized carbons (Fsp3) is 0.200. The molecule has 0 bridgehead atoms. The maximum Gasteiger partial charge on any atom is 0.283 e. The zero-order chi connectivity index (χ0) is 15.6. The van der Waals surface area contributed by atoms with Crippen molar-refractivity contribution in [2.75, 3.05) is 0 Å². The van der Waals surface area contributed by atoms with Gasteiger partial charge in [-0.1, -0.05) is 23.9 Å². The number of aliphatic hydroxyl groups excluding tert-OH is 1. The number of nitro groups is 1. The molecule has 0 aromatic heterocycles. The van der Waals surface area contributed by atoms with Gasteiger partial charge in [0.15, 0.2) is 0 Å². The smallest absolute Gasteiger partial charge is 0.283 e. The van der Waals surface area contributed by atoms with Crippen LogP contribution in [-0.4, -0.2) is 10.0 Å². The Hall–Kier alpha value is -1.92. The quantitative estimate of drug-likeness (QED) is 0.677. The van der Waals surface area contributed by atoms with Gasteiger partial charge in [0, 0.05) is 11.0 Å². The van der Waals surface area contributed by atoms with Crippen LogP contribution in [0.1, 0.15) is 24.2 Å². The molecule has 0 aliphatic carbocycles. The average molecular weight is 307 g/mol. The molecule has 110 valence electrons. The summed E-state index contributed by atoms with van der Waals surface area (Å²) < 4.78 is 13.6. The van der Waals surface area contributed by atoms with E-state index in [4.69, 9.17) is 0 Å². The van der Waals surface area contributed by atoms with Crippen LogP contribution >= 0.6 is 11.8 Å². The number of nitrogens with zero attached hydrogens (tertiary/aromatic N) is 1. The molecule has 0 aliphatic rings. The van der Waals surface area contributed by atoms with Crippen molar-refractivity contribution in [3.05, 3.63) is 63.5 Å². The lowest BCUT2D eigenvalue weighted by molar-refractivity contribution is -0.387. The molecule has 2 aromatic rings. The Labute approximate surface area is 125 Å². The van der Waals surface area contributed by atoms with Crippen LogP contribution in [0.5, 0.6) is 0 Å². The first-order chi connectivity index (χ1) is 9.90. The predicted molar refractivity (Wildman–Crippen MR) is 79.0 cm³/mol. The normalized spacial score (nSPS) is 12.2. The van der Waals surface area contributed by atoms with E-state index >= 15 is 0 Å². The summed E-state index contributed by atoms with van der Waals surface area (Å²) in [5.74, 6) is -0.405. The molecule has 0 heterocycles. The van der Waals surface area contributed by atoms with Crippen molar-refractivity contribution in [2.24, 2.45) is 0 Å². The van der Waals surface area contributed by atoms with E-state index in [1.807, 2.05) is 0 Å². The van der Waals surface area contributed by atoms with Gasteiger partial charge in [0.25, 0.3) is 5.69 Å². The van der Waals surface area contributed by atoms with E-state index in [0.29, 0.717) is 20.9 Å². The molecule has 0 radical (unpaired) electrons. The number of aliphatic hydroxyl groups is 1. The number of benzene rings is 2. The van der Waals surface area contributed by atoms with Crippen LogP contribution in [0, 0.1) is 22.9 Å². The highest BCUT2D eigenvalue weighted by atomic mass is 32.2. The first kappa shape index (κ1) is 15.5. The number of hydrogen-bond acceptors (Lipinski definition) is 4. The van der Waals surface area contributed by atoms with Gasteiger partial charge in [-0.25, -0.2) is 4.39 Å². The van der Waals surface area contributed by atoms with Crippen molar-refractivity contribution in [1.29, 1.82) is 0 Å². The molecule has 0 amide bonds. The Morgan fingerprint density at radius 1 is 1.29 bits per heavy atom. The number of aryl methyl sites for hydroxylation is 1. The van der Waals surface area contributed by atoms with Gasteiger partial charge >= 0.3 is 0 Å². The topological polar surface area (TPSA) is 63.4 Å². The van der Waals surface area contributed by atoms with Gasteiger partial charge in [-0.3, -0.25) is 10.1 Å². The molecule has 0 saturated carbocycles. The van der Waals surface area contributed by atoms with Crippen LogP contribution in [0.25, 0.3) is 0 Å². The summed E-state index contributed by atoms with van der Waals surface area (Å²) >= 11 is 1.15. The van der Waals surface area contributed by atoms with E-state index < -0.39 is 16.8 Å². The van der Waals surface area contributed by atoms with Crippen LogP contribution in [0.3, 0.4) is 0 Å². The Morgan fingerprint density at radius 2 is 1.95 bits per heavy atom. The standard InChI is InChI=1S/C15H14FNO3S/c1-9-7-15(11(10(2)18)8-12(9)16)21-14-6-4-3-5-13(14)17(19)20/h3-8,10,18H,1-2H3/t10-/m0/s1. The minimum absolute atomic E-state index is 0.0129. The summed E-state index contributed by atoms with van der Waals surface area (Å²) in [6, 6.07) is 9.21. The van der Waals surface area contributed by atoms with Crippen LogP contribution in [0.2, 0.25) is 0 Å². The molecule has 0 unspecified atom stereocenters. The zero-order valence-electron chi connectivity index (χ0n) is 11.5. The third-order valence-corrected chi connectivity index (χ3v) is 4.16. The van der Waals surface area contributed by atoms with Crippen molar-refractivity contribution < 1.29 is 14.4 Å². The Kier molecular flexibility index (Phi) is 4.59. The molecule has 6 heteroatoms. The van der Waals surface area contributed by atoms with Crippen molar-refractivity contribution in [2.45, 2.75) is 29.7 Å². The van der Waals surface area contributed by atoms with Crippen LogP contribution in [0.15, 0.2) is 46.2 Å². The van der Waals surface area contributed by atoms with Gasteiger partial charge in [0.05, 0.1) is 15.9 Å². The van der Waals surface area contributed by atoms with Crippen LogP contribution < -0.4 is 0 Å². The van der Waals surface area contributed by atoms with Crippen LogP contribution in [-0.2, 0) is 0 Å². The minimum Gasteiger partial charge on any atom is -0.389 e. The summed E-state index contributed by atoms with van der Waals surface area (Å²) in [6.07, 6.45) is -0.856. The monoisotopic (exact) mass is 307 g/mol. The second-order valence-corrected chi connectivity index (χ2v) is 5.73. The Bertz CT molecular complexity index is 689. The van der Waals surface area contributed by atoms with Gasteiger partial charge in [0.2, 0.25) is 0 Å². The summed E-state index contributed by atoms with van der Waals surface area (Å²) in [5.41, 5.74) is 0.836. The highest BCUT2D eigenvalue weighted by Gasteiger charge is 2.18. The van der Waals surface area contributed by atoms with E-state index in [-0.39, 0.29) is 5.69 Å². The molecule has 0 fully saturated rings. The Balaban J connectivity index is 2.49. The van der Waals surface area contributed by atoms with E-state index in [1.165, 1.54) is 19.1 Å². The largest absolute Gasteiger partial charge is 0.389 e. The number of hydrogen-bond donors (Lipinski definition) is 1. The maximum atomic E-state index is 13.6. The number of rotatable bonds is 4.